The topological polar surface area (TPSA) is 58.0 Å². The van der Waals surface area contributed by atoms with Gasteiger partial charge in [-0.05, 0) is 45.5 Å². The highest BCUT2D eigenvalue weighted by Gasteiger charge is 2.23. The molecule has 1 N–H and O–H groups in total. The van der Waals surface area contributed by atoms with Crippen LogP contribution in [0.5, 0.6) is 0 Å². The second kappa shape index (κ2) is 8.76. The summed E-state index contributed by atoms with van der Waals surface area (Å²) in [7, 11) is 4.03. The number of para-hydroxylation sites is 1. The Labute approximate surface area is 161 Å². The minimum atomic E-state index is -0.105. The lowest BCUT2D eigenvalue weighted by molar-refractivity contribution is 0.0820. The number of carbonyl (C=O) groups is 1. The summed E-state index contributed by atoms with van der Waals surface area (Å²) in [5.74, 6) is 0.968. The maximum atomic E-state index is 13.0. The number of likely N-dealkylation sites (N-methyl/N-ethyl adjacent to an activating group) is 1. The number of ether oxygens (including phenoxy) is 1. The van der Waals surface area contributed by atoms with Gasteiger partial charge in [-0.3, -0.25) is 0 Å². The molecule has 0 spiro atoms. The van der Waals surface area contributed by atoms with E-state index in [1.54, 1.807) is 0 Å². The average molecular weight is 373 g/mol. The van der Waals surface area contributed by atoms with Crippen LogP contribution in [-0.4, -0.2) is 62.3 Å². The minimum absolute atomic E-state index is 0.105. The fraction of sp³-hybridized carbons (Fsp3) is 0.571. The van der Waals surface area contributed by atoms with E-state index in [-0.39, 0.29) is 12.1 Å². The molecule has 1 aliphatic heterocycles. The number of hydrogen-bond donors (Lipinski definition) is 1. The van der Waals surface area contributed by atoms with Crippen molar-refractivity contribution in [1.82, 2.24) is 9.80 Å². The zero-order valence-corrected chi connectivity index (χ0v) is 16.9. The molecule has 3 rings (SSSR count). The molecule has 1 aromatic carbocycles. The van der Waals surface area contributed by atoms with Crippen molar-refractivity contribution in [2.24, 2.45) is 0 Å². The summed E-state index contributed by atoms with van der Waals surface area (Å²) < 4.78 is 11.8. The Morgan fingerprint density at radius 2 is 2.11 bits per heavy atom. The van der Waals surface area contributed by atoms with Crippen LogP contribution in [0.15, 0.2) is 22.6 Å². The molecule has 0 unspecified atom stereocenters. The fourth-order valence-corrected chi connectivity index (χ4v) is 3.55. The maximum absolute atomic E-state index is 13.0. The number of rotatable bonds is 7. The molecule has 27 heavy (non-hydrogen) atoms. The summed E-state index contributed by atoms with van der Waals surface area (Å²) in [6.45, 7) is 7.02. The van der Waals surface area contributed by atoms with Gasteiger partial charge in [0.25, 0.3) is 0 Å². The van der Waals surface area contributed by atoms with Crippen LogP contribution in [-0.2, 0) is 11.2 Å². The summed E-state index contributed by atoms with van der Waals surface area (Å²) in [5, 5.41) is 4.13. The number of furan rings is 1. The Bertz CT molecular complexity index is 778. The number of benzene rings is 1. The van der Waals surface area contributed by atoms with Gasteiger partial charge in [0.2, 0.25) is 0 Å². The number of carbonyl (C=O) groups excluding carboxylic acids is 1. The molecular weight excluding hydrogens is 342 g/mol. The summed E-state index contributed by atoms with van der Waals surface area (Å²) in [4.78, 5) is 17.0. The van der Waals surface area contributed by atoms with Crippen molar-refractivity contribution in [2.75, 3.05) is 45.7 Å². The average Bonchev–Trinajstić information content (AvgIpc) is 3.27. The van der Waals surface area contributed by atoms with Crippen molar-refractivity contribution in [2.45, 2.75) is 39.2 Å². The summed E-state index contributed by atoms with van der Waals surface area (Å²) in [5.41, 5.74) is 2.62. The molecule has 1 atom stereocenters. The summed E-state index contributed by atoms with van der Waals surface area (Å²) in [6.07, 6.45) is 3.05. The predicted molar refractivity (Wildman–Crippen MR) is 108 cm³/mol. The third-order valence-electron chi connectivity index (χ3n) is 5.18. The van der Waals surface area contributed by atoms with Gasteiger partial charge < -0.3 is 24.3 Å². The third-order valence-corrected chi connectivity index (χ3v) is 5.18. The molecule has 2 aromatic rings. The van der Waals surface area contributed by atoms with Crippen molar-refractivity contribution >= 4 is 22.7 Å². The number of hydrogen-bond acceptors (Lipinski definition) is 4. The van der Waals surface area contributed by atoms with Crippen LogP contribution in [0.3, 0.4) is 0 Å². The maximum Gasteiger partial charge on any atom is 0.322 e. The molecule has 2 heterocycles. The molecule has 6 heteroatoms. The second-order valence-corrected chi connectivity index (χ2v) is 7.50. The number of nitrogens with one attached hydrogen (secondary N) is 1. The van der Waals surface area contributed by atoms with Crippen LogP contribution in [0.4, 0.5) is 10.5 Å². The number of anilines is 1. The van der Waals surface area contributed by atoms with Crippen molar-refractivity contribution in [3.63, 3.8) is 0 Å². The quantitative estimate of drug-likeness (QED) is 0.800. The Morgan fingerprint density at radius 3 is 2.78 bits per heavy atom. The van der Waals surface area contributed by atoms with Crippen LogP contribution in [0.25, 0.3) is 11.0 Å². The Kier molecular flexibility index (Phi) is 6.39. The second-order valence-electron chi connectivity index (χ2n) is 7.50. The van der Waals surface area contributed by atoms with Gasteiger partial charge in [-0.1, -0.05) is 19.1 Å². The van der Waals surface area contributed by atoms with Gasteiger partial charge in [-0.25, -0.2) is 4.79 Å². The molecule has 0 radical (unpaired) electrons. The first kappa shape index (κ1) is 19.7. The Balaban J connectivity index is 1.78. The molecule has 2 amide bonds. The van der Waals surface area contributed by atoms with E-state index < -0.39 is 0 Å². The highest BCUT2D eigenvalue weighted by Crippen LogP contribution is 2.31. The molecule has 1 saturated heterocycles. The lowest BCUT2D eigenvalue weighted by Crippen LogP contribution is -2.43. The molecule has 0 aliphatic carbocycles. The van der Waals surface area contributed by atoms with Crippen LogP contribution in [0.1, 0.15) is 31.1 Å². The van der Waals surface area contributed by atoms with Gasteiger partial charge in [0.1, 0.15) is 5.76 Å². The predicted octanol–water partition coefficient (Wildman–Crippen LogP) is 3.88. The molecule has 148 valence electrons. The fourth-order valence-electron chi connectivity index (χ4n) is 3.55. The van der Waals surface area contributed by atoms with E-state index in [0.717, 1.165) is 60.4 Å². The summed E-state index contributed by atoms with van der Waals surface area (Å²) >= 11 is 0. The van der Waals surface area contributed by atoms with E-state index in [9.17, 15) is 4.79 Å². The van der Waals surface area contributed by atoms with Crippen molar-refractivity contribution < 1.29 is 13.9 Å². The largest absolute Gasteiger partial charge is 0.459 e. The highest BCUT2D eigenvalue weighted by atomic mass is 16.5. The Hall–Kier alpha value is -2.05. The molecule has 0 bridgehead atoms. The van der Waals surface area contributed by atoms with E-state index in [2.05, 4.69) is 24.1 Å². The van der Waals surface area contributed by atoms with Crippen LogP contribution in [0, 0.1) is 6.92 Å². The molecule has 0 saturated carbocycles. The molecule has 1 aromatic heterocycles. The third kappa shape index (κ3) is 4.62. The van der Waals surface area contributed by atoms with Gasteiger partial charge in [0, 0.05) is 38.0 Å². The van der Waals surface area contributed by atoms with Gasteiger partial charge in [0.15, 0.2) is 5.58 Å². The zero-order chi connectivity index (χ0) is 19.4. The van der Waals surface area contributed by atoms with Crippen LogP contribution in [0.2, 0.25) is 0 Å². The first-order chi connectivity index (χ1) is 13.0. The van der Waals surface area contributed by atoms with Gasteiger partial charge in [0.05, 0.1) is 11.8 Å². The molecule has 1 aliphatic rings. The van der Waals surface area contributed by atoms with E-state index in [4.69, 9.17) is 9.15 Å². The summed E-state index contributed by atoms with van der Waals surface area (Å²) in [6, 6.07) is 5.80. The zero-order valence-electron chi connectivity index (χ0n) is 16.9. The number of amides is 2. The van der Waals surface area contributed by atoms with Gasteiger partial charge in [-0.2, -0.15) is 0 Å². The monoisotopic (exact) mass is 373 g/mol. The highest BCUT2D eigenvalue weighted by molar-refractivity contribution is 6.00. The number of aryl methyl sites for hydroxylation is 2. The normalized spacial score (nSPS) is 17.0. The molecule has 1 fully saturated rings. The standard InChI is InChI=1S/C21H31N3O3/c1-5-19-15(2)17-9-6-10-18(20(17)27-19)22-21(25)24(12-11-23(3)4)14-16-8-7-13-26-16/h6,9-10,16H,5,7-8,11-14H2,1-4H3,(H,22,25)/t16-/m0/s1. The Morgan fingerprint density at radius 1 is 1.30 bits per heavy atom. The lowest BCUT2D eigenvalue weighted by atomic mass is 10.1. The van der Waals surface area contributed by atoms with E-state index in [1.807, 2.05) is 37.2 Å². The first-order valence-electron chi connectivity index (χ1n) is 9.82. The van der Waals surface area contributed by atoms with Crippen molar-refractivity contribution in [3.05, 3.63) is 29.5 Å². The molecular formula is C21H31N3O3. The SMILES string of the molecule is CCc1oc2c(NC(=O)N(CCN(C)C)C[C@@H]3CCCO3)cccc2c1C. The van der Waals surface area contributed by atoms with Gasteiger partial charge >= 0.3 is 6.03 Å². The first-order valence-corrected chi connectivity index (χ1v) is 9.82. The number of fused-ring (bicyclic) bond motifs is 1. The lowest BCUT2D eigenvalue weighted by Gasteiger charge is -2.27. The smallest absolute Gasteiger partial charge is 0.322 e. The van der Waals surface area contributed by atoms with Crippen molar-refractivity contribution in [1.29, 1.82) is 0 Å². The van der Waals surface area contributed by atoms with E-state index in [0.29, 0.717) is 13.1 Å². The number of urea groups is 1. The van der Waals surface area contributed by atoms with Crippen LogP contribution >= 0.6 is 0 Å². The van der Waals surface area contributed by atoms with E-state index in [1.165, 1.54) is 0 Å². The van der Waals surface area contributed by atoms with Crippen LogP contribution < -0.4 is 5.32 Å². The van der Waals surface area contributed by atoms with Crippen molar-refractivity contribution in [3.8, 4) is 0 Å². The minimum Gasteiger partial charge on any atom is -0.459 e. The molecule has 6 nitrogen and oxygen atoms in total. The van der Waals surface area contributed by atoms with E-state index >= 15 is 0 Å². The van der Waals surface area contributed by atoms with Gasteiger partial charge in [-0.15, -0.1) is 0 Å². The number of nitrogens with zero attached hydrogens (tertiary/aromatic N) is 2.